The number of carbonyl (C=O) groups is 1. The summed E-state index contributed by atoms with van der Waals surface area (Å²) in [5.74, 6) is 0. The van der Waals surface area contributed by atoms with Crippen LogP contribution in [0.15, 0.2) is 25.4 Å². The van der Waals surface area contributed by atoms with Gasteiger partial charge in [-0.3, -0.25) is 4.79 Å². The third kappa shape index (κ3) is 398. The van der Waals surface area contributed by atoms with E-state index < -0.39 is 0 Å². The quantitative estimate of drug-likeness (QED) is 0.435. The Labute approximate surface area is 61.3 Å². The summed E-state index contributed by atoms with van der Waals surface area (Å²) in [6, 6.07) is 0. The molecule has 0 saturated heterocycles. The minimum absolute atomic E-state index is 0. The average Bonchev–Trinajstić information content (AvgIpc) is 1.69. The standard InChI is InChI=1S/C3H4O.C2H5N.V/c1-2-3-4;1-2-3;/h2-3H,1H2;2H,1,3H2;. The normalized spacial score (nSPS) is 4.00. The van der Waals surface area contributed by atoms with Crippen LogP contribution in [0.1, 0.15) is 0 Å². The second kappa shape index (κ2) is 31.2. The van der Waals surface area contributed by atoms with Gasteiger partial charge in [0.05, 0.1) is 0 Å². The number of rotatable bonds is 1. The van der Waals surface area contributed by atoms with E-state index >= 15 is 0 Å². The molecule has 3 heteroatoms. The zero-order valence-corrected chi connectivity index (χ0v) is 5.98. The monoisotopic (exact) mass is 150 g/mol. The fraction of sp³-hybridized carbons (Fsp3) is 0. The maximum atomic E-state index is 9.06. The van der Waals surface area contributed by atoms with E-state index in [0.717, 1.165) is 0 Å². The van der Waals surface area contributed by atoms with Gasteiger partial charge in [0, 0.05) is 18.6 Å². The maximum absolute atomic E-state index is 9.06. The summed E-state index contributed by atoms with van der Waals surface area (Å²) in [4.78, 5) is 9.06. The van der Waals surface area contributed by atoms with E-state index in [2.05, 4.69) is 18.9 Å². The summed E-state index contributed by atoms with van der Waals surface area (Å²) in [5.41, 5.74) is 4.61. The fourth-order valence-electron chi connectivity index (χ4n) is 0. The van der Waals surface area contributed by atoms with Crippen molar-refractivity contribution in [3.8, 4) is 0 Å². The Morgan fingerprint density at radius 1 is 1.38 bits per heavy atom. The Morgan fingerprint density at radius 3 is 1.50 bits per heavy atom. The molecule has 8 heavy (non-hydrogen) atoms. The number of nitrogens with two attached hydrogens (primary N) is 1. The third-order valence-electron chi connectivity index (χ3n) is 0.0962. The topological polar surface area (TPSA) is 43.1 Å². The van der Waals surface area contributed by atoms with Crippen LogP contribution in [0.5, 0.6) is 0 Å². The van der Waals surface area contributed by atoms with Gasteiger partial charge in [-0.15, -0.1) is 0 Å². The van der Waals surface area contributed by atoms with Gasteiger partial charge in [0.1, 0.15) is 6.29 Å². The molecular formula is C5H9NOV. The van der Waals surface area contributed by atoms with Crippen LogP contribution in [0, 0.1) is 0 Å². The van der Waals surface area contributed by atoms with Gasteiger partial charge in [-0.05, 0) is 12.3 Å². The molecule has 0 rings (SSSR count). The summed E-state index contributed by atoms with van der Waals surface area (Å²) in [5, 5.41) is 0. The molecule has 0 aromatic carbocycles. The molecule has 0 aromatic heterocycles. The zero-order chi connectivity index (χ0) is 6.12. The van der Waals surface area contributed by atoms with Gasteiger partial charge in [-0.1, -0.05) is 13.2 Å². The molecule has 1 radical (unpaired) electrons. The number of carbonyl (C=O) groups excluding carboxylic acids is 1. The smallest absolute Gasteiger partial charge is 0.142 e. The van der Waals surface area contributed by atoms with Gasteiger partial charge in [0.25, 0.3) is 0 Å². The molecule has 0 bridgehead atoms. The first-order valence-electron chi connectivity index (χ1n) is 1.72. The summed E-state index contributed by atoms with van der Waals surface area (Å²) in [6.45, 7) is 6.25. The van der Waals surface area contributed by atoms with E-state index in [1.165, 1.54) is 12.3 Å². The van der Waals surface area contributed by atoms with Crippen LogP contribution in [-0.4, -0.2) is 6.29 Å². The first kappa shape index (κ1) is 15.6. The Kier molecular flexibility index (Phi) is 60.9. The van der Waals surface area contributed by atoms with Gasteiger partial charge in [-0.2, -0.15) is 0 Å². The van der Waals surface area contributed by atoms with E-state index in [1.807, 2.05) is 0 Å². The van der Waals surface area contributed by atoms with Gasteiger partial charge in [0.2, 0.25) is 0 Å². The van der Waals surface area contributed by atoms with E-state index in [0.29, 0.717) is 6.29 Å². The van der Waals surface area contributed by atoms with Crippen LogP contribution >= 0.6 is 0 Å². The van der Waals surface area contributed by atoms with Crippen molar-refractivity contribution in [1.29, 1.82) is 0 Å². The Morgan fingerprint density at radius 2 is 1.50 bits per heavy atom. The van der Waals surface area contributed by atoms with Crippen molar-refractivity contribution in [1.82, 2.24) is 0 Å². The van der Waals surface area contributed by atoms with E-state index in [9.17, 15) is 0 Å². The minimum Gasteiger partial charge on any atom is -0.405 e. The van der Waals surface area contributed by atoms with Gasteiger partial charge < -0.3 is 5.73 Å². The SMILES string of the molecule is C=CC=O.C=CN.[V]. The molecule has 0 amide bonds. The second-order valence-electron chi connectivity index (χ2n) is 0.607. The van der Waals surface area contributed by atoms with Gasteiger partial charge >= 0.3 is 0 Å². The van der Waals surface area contributed by atoms with E-state index in [-0.39, 0.29) is 18.6 Å². The van der Waals surface area contributed by atoms with Crippen molar-refractivity contribution in [3.05, 3.63) is 25.4 Å². The van der Waals surface area contributed by atoms with Crippen LogP contribution in [-0.2, 0) is 23.4 Å². The number of allylic oxidation sites excluding steroid dienone is 1. The van der Waals surface area contributed by atoms with Gasteiger partial charge in [0.15, 0.2) is 0 Å². The van der Waals surface area contributed by atoms with Crippen molar-refractivity contribution in [2.45, 2.75) is 0 Å². The summed E-state index contributed by atoms with van der Waals surface area (Å²) >= 11 is 0. The Hall–Kier alpha value is -0.466. The van der Waals surface area contributed by atoms with Crippen LogP contribution in [0.4, 0.5) is 0 Å². The largest absolute Gasteiger partial charge is 0.405 e. The van der Waals surface area contributed by atoms with Crippen molar-refractivity contribution in [3.63, 3.8) is 0 Å². The van der Waals surface area contributed by atoms with E-state index in [1.54, 1.807) is 0 Å². The van der Waals surface area contributed by atoms with Crippen molar-refractivity contribution < 1.29 is 23.4 Å². The maximum Gasteiger partial charge on any atom is 0.142 e. The predicted molar refractivity (Wildman–Crippen MR) is 30.6 cm³/mol. The number of hydrogen-bond acceptors (Lipinski definition) is 2. The molecule has 0 aliphatic rings. The van der Waals surface area contributed by atoms with Crippen LogP contribution in [0.25, 0.3) is 0 Å². The molecule has 0 spiro atoms. The molecule has 0 saturated carbocycles. The second-order valence-corrected chi connectivity index (χ2v) is 0.607. The first-order valence-corrected chi connectivity index (χ1v) is 1.72. The first-order chi connectivity index (χ1) is 3.33. The molecule has 0 unspecified atom stereocenters. The molecule has 0 atom stereocenters. The molecule has 0 aliphatic carbocycles. The third-order valence-corrected chi connectivity index (χ3v) is 0.0962. The summed E-state index contributed by atoms with van der Waals surface area (Å²) in [6.07, 6.45) is 3.08. The number of aldehydes is 1. The predicted octanol–water partition coefficient (Wildman–Crippen LogP) is 0.457. The van der Waals surface area contributed by atoms with Crippen molar-refractivity contribution in [2.24, 2.45) is 5.73 Å². The fourth-order valence-corrected chi connectivity index (χ4v) is 0. The van der Waals surface area contributed by atoms with Gasteiger partial charge in [-0.25, -0.2) is 0 Å². The molecule has 0 aromatic rings. The minimum atomic E-state index is 0. The molecule has 0 heterocycles. The Bertz CT molecular complexity index is 57.4. The summed E-state index contributed by atoms with van der Waals surface area (Å²) < 4.78 is 0. The molecule has 2 N–H and O–H groups in total. The van der Waals surface area contributed by atoms with Crippen LogP contribution in [0.3, 0.4) is 0 Å². The molecular weight excluding hydrogens is 141 g/mol. The molecule has 45 valence electrons. The van der Waals surface area contributed by atoms with Crippen molar-refractivity contribution in [2.75, 3.05) is 0 Å². The average molecular weight is 150 g/mol. The van der Waals surface area contributed by atoms with E-state index in [4.69, 9.17) is 4.79 Å². The zero-order valence-electron chi connectivity index (χ0n) is 4.58. The summed E-state index contributed by atoms with van der Waals surface area (Å²) in [7, 11) is 0. The van der Waals surface area contributed by atoms with Crippen molar-refractivity contribution >= 4 is 6.29 Å². The van der Waals surface area contributed by atoms with Crippen LogP contribution < -0.4 is 5.73 Å². The molecule has 2 nitrogen and oxygen atoms in total. The molecule has 0 fully saturated rings. The Balaban J connectivity index is -0.0000000575. The number of hydrogen-bond donors (Lipinski definition) is 1. The molecule has 0 aliphatic heterocycles. The van der Waals surface area contributed by atoms with Crippen LogP contribution in [0.2, 0.25) is 0 Å².